The maximum atomic E-state index is 5.79. The van der Waals surface area contributed by atoms with E-state index in [0.717, 1.165) is 91.6 Å². The van der Waals surface area contributed by atoms with E-state index >= 15 is 0 Å². The third-order valence-corrected chi connectivity index (χ3v) is 4.60. The second-order valence-corrected chi connectivity index (χ2v) is 7.03. The van der Waals surface area contributed by atoms with E-state index in [1.54, 1.807) is 0 Å². The second kappa shape index (κ2) is 22.0. The van der Waals surface area contributed by atoms with Gasteiger partial charge in [0.25, 0.3) is 0 Å². The number of hydrogen-bond acceptors (Lipinski definition) is 8. The first-order valence-corrected chi connectivity index (χ1v) is 10.8. The van der Waals surface area contributed by atoms with Crippen molar-refractivity contribution in [3.63, 3.8) is 0 Å². The third kappa shape index (κ3) is 18.8. The van der Waals surface area contributed by atoms with Crippen LogP contribution >= 0.6 is 0 Å². The van der Waals surface area contributed by atoms with E-state index in [1.165, 1.54) is 19.3 Å². The molecule has 0 aliphatic heterocycles. The molecule has 27 heavy (non-hydrogen) atoms. The molecule has 0 fully saturated rings. The smallest absolute Gasteiger partial charge is 0.0105 e. The fourth-order valence-corrected chi connectivity index (χ4v) is 3.09. The van der Waals surface area contributed by atoms with Crippen LogP contribution in [0, 0.1) is 0 Å². The van der Waals surface area contributed by atoms with Crippen LogP contribution in [0.3, 0.4) is 0 Å². The Bertz CT molecular complexity index is 254. The van der Waals surface area contributed by atoms with E-state index in [1.807, 2.05) is 14.1 Å². The SMILES string of the molecule is CNCCNCCCN(CCN)CCCN(CCN)CCCNCCNC. The van der Waals surface area contributed by atoms with Crippen LogP contribution in [-0.4, -0.2) is 116 Å². The van der Waals surface area contributed by atoms with Gasteiger partial charge in [-0.05, 0) is 72.6 Å². The molecule has 0 aliphatic rings. The average Bonchev–Trinajstić information content (AvgIpc) is 2.67. The number of nitrogens with zero attached hydrogens (tertiary/aromatic N) is 2. The first-order valence-electron chi connectivity index (χ1n) is 10.8. The van der Waals surface area contributed by atoms with Gasteiger partial charge in [0.2, 0.25) is 0 Å². The molecule has 0 radical (unpaired) electrons. The Hall–Kier alpha value is -0.320. The first kappa shape index (κ1) is 26.7. The summed E-state index contributed by atoms with van der Waals surface area (Å²) in [7, 11) is 3.97. The lowest BCUT2D eigenvalue weighted by Gasteiger charge is -2.25. The number of nitrogens with one attached hydrogen (secondary N) is 4. The van der Waals surface area contributed by atoms with Crippen LogP contribution in [0.5, 0.6) is 0 Å². The summed E-state index contributed by atoms with van der Waals surface area (Å²) in [6, 6.07) is 0. The fraction of sp³-hybridized carbons (Fsp3) is 1.00. The number of nitrogens with two attached hydrogens (primary N) is 2. The Morgan fingerprint density at radius 1 is 0.519 bits per heavy atom. The number of likely N-dealkylation sites (N-methyl/N-ethyl adjacent to an activating group) is 2. The largest absolute Gasteiger partial charge is 0.329 e. The molecule has 0 saturated heterocycles. The van der Waals surface area contributed by atoms with Crippen LogP contribution in [-0.2, 0) is 0 Å². The van der Waals surface area contributed by atoms with E-state index in [2.05, 4.69) is 31.1 Å². The Balaban J connectivity index is 3.87. The van der Waals surface area contributed by atoms with Crippen molar-refractivity contribution in [3.05, 3.63) is 0 Å². The summed E-state index contributed by atoms with van der Waals surface area (Å²) in [6.07, 6.45) is 3.53. The minimum atomic E-state index is 0.734. The molecular formula is C19H48N8. The first-order chi connectivity index (χ1) is 13.3. The standard InChI is InChI=1S/C19H48N8/c1-22-10-12-24-8-3-14-26(18-6-20)16-5-17-27(19-7-21)15-4-9-25-13-11-23-2/h22-25H,3-21H2,1-2H3. The van der Waals surface area contributed by atoms with E-state index in [0.29, 0.717) is 0 Å². The highest BCUT2D eigenvalue weighted by atomic mass is 15.2. The molecule has 0 spiro atoms. The Morgan fingerprint density at radius 3 is 1.30 bits per heavy atom. The summed E-state index contributed by atoms with van der Waals surface area (Å²) in [5.41, 5.74) is 11.6. The van der Waals surface area contributed by atoms with Gasteiger partial charge >= 0.3 is 0 Å². The topological polar surface area (TPSA) is 107 Å². The van der Waals surface area contributed by atoms with Crippen molar-refractivity contribution >= 4 is 0 Å². The average molecular weight is 389 g/mol. The highest BCUT2D eigenvalue weighted by Gasteiger charge is 2.07. The van der Waals surface area contributed by atoms with Crippen LogP contribution in [0.4, 0.5) is 0 Å². The van der Waals surface area contributed by atoms with Gasteiger partial charge < -0.3 is 42.5 Å². The minimum Gasteiger partial charge on any atom is -0.329 e. The lowest BCUT2D eigenvalue weighted by molar-refractivity contribution is 0.228. The normalized spacial score (nSPS) is 11.8. The van der Waals surface area contributed by atoms with Crippen molar-refractivity contribution in [2.75, 3.05) is 106 Å². The van der Waals surface area contributed by atoms with Crippen molar-refractivity contribution in [2.45, 2.75) is 19.3 Å². The summed E-state index contributed by atoms with van der Waals surface area (Å²) >= 11 is 0. The zero-order valence-corrected chi connectivity index (χ0v) is 18.1. The molecule has 8 N–H and O–H groups in total. The van der Waals surface area contributed by atoms with Crippen LogP contribution in [0.2, 0.25) is 0 Å². The summed E-state index contributed by atoms with van der Waals surface area (Å²) in [5.74, 6) is 0. The summed E-state index contributed by atoms with van der Waals surface area (Å²) in [5, 5.41) is 13.2. The molecule has 0 aromatic carbocycles. The van der Waals surface area contributed by atoms with Crippen molar-refractivity contribution in [3.8, 4) is 0 Å². The maximum Gasteiger partial charge on any atom is 0.0105 e. The quantitative estimate of drug-likeness (QED) is 0.122. The summed E-state index contributed by atoms with van der Waals surface area (Å²) in [4.78, 5) is 5.00. The summed E-state index contributed by atoms with van der Waals surface area (Å²) < 4.78 is 0. The Morgan fingerprint density at radius 2 is 0.926 bits per heavy atom. The van der Waals surface area contributed by atoms with Crippen LogP contribution < -0.4 is 32.7 Å². The number of hydrogen-bond donors (Lipinski definition) is 6. The molecule has 0 bridgehead atoms. The van der Waals surface area contributed by atoms with E-state index in [9.17, 15) is 0 Å². The van der Waals surface area contributed by atoms with E-state index in [4.69, 9.17) is 11.5 Å². The molecule has 0 aliphatic carbocycles. The molecule has 8 nitrogen and oxygen atoms in total. The predicted molar refractivity (Wildman–Crippen MR) is 118 cm³/mol. The highest BCUT2D eigenvalue weighted by Crippen LogP contribution is 1.98. The van der Waals surface area contributed by atoms with Gasteiger partial charge in [0, 0.05) is 52.4 Å². The molecule has 164 valence electrons. The van der Waals surface area contributed by atoms with Gasteiger partial charge in [-0.1, -0.05) is 0 Å². The van der Waals surface area contributed by atoms with Crippen LogP contribution in [0.15, 0.2) is 0 Å². The molecule has 0 saturated carbocycles. The second-order valence-electron chi connectivity index (χ2n) is 7.03. The van der Waals surface area contributed by atoms with Crippen molar-refractivity contribution in [1.29, 1.82) is 0 Å². The molecule has 8 heteroatoms. The maximum absolute atomic E-state index is 5.79. The molecule has 0 aromatic rings. The van der Waals surface area contributed by atoms with E-state index in [-0.39, 0.29) is 0 Å². The van der Waals surface area contributed by atoms with Gasteiger partial charge in [-0.3, -0.25) is 0 Å². The fourth-order valence-electron chi connectivity index (χ4n) is 3.09. The lowest BCUT2D eigenvalue weighted by Crippen LogP contribution is -2.37. The Labute approximate surface area is 168 Å². The summed E-state index contributed by atoms with van der Waals surface area (Å²) in [6.45, 7) is 14.2. The molecule has 0 heterocycles. The van der Waals surface area contributed by atoms with Crippen molar-refractivity contribution in [1.82, 2.24) is 31.1 Å². The van der Waals surface area contributed by atoms with Gasteiger partial charge in [0.1, 0.15) is 0 Å². The molecule has 0 unspecified atom stereocenters. The zero-order chi connectivity index (χ0) is 20.0. The van der Waals surface area contributed by atoms with Gasteiger partial charge in [0.05, 0.1) is 0 Å². The monoisotopic (exact) mass is 388 g/mol. The van der Waals surface area contributed by atoms with Crippen LogP contribution in [0.1, 0.15) is 19.3 Å². The van der Waals surface area contributed by atoms with Crippen LogP contribution in [0.25, 0.3) is 0 Å². The van der Waals surface area contributed by atoms with Gasteiger partial charge in [0.15, 0.2) is 0 Å². The number of rotatable bonds is 22. The highest BCUT2D eigenvalue weighted by molar-refractivity contribution is 4.65. The lowest BCUT2D eigenvalue weighted by atomic mass is 10.3. The predicted octanol–water partition coefficient (Wildman–Crippen LogP) is -1.70. The zero-order valence-electron chi connectivity index (χ0n) is 18.1. The molecule has 0 atom stereocenters. The third-order valence-electron chi connectivity index (χ3n) is 4.60. The van der Waals surface area contributed by atoms with Gasteiger partial charge in [-0.25, -0.2) is 0 Å². The Kier molecular flexibility index (Phi) is 21.7. The molecule has 0 aromatic heterocycles. The molecular weight excluding hydrogens is 340 g/mol. The molecule has 0 rings (SSSR count). The van der Waals surface area contributed by atoms with Gasteiger partial charge in [-0.2, -0.15) is 0 Å². The van der Waals surface area contributed by atoms with Crippen molar-refractivity contribution in [2.24, 2.45) is 11.5 Å². The minimum absolute atomic E-state index is 0.734. The van der Waals surface area contributed by atoms with Gasteiger partial charge in [-0.15, -0.1) is 0 Å². The van der Waals surface area contributed by atoms with Crippen molar-refractivity contribution < 1.29 is 0 Å². The van der Waals surface area contributed by atoms with E-state index < -0.39 is 0 Å². The molecule has 0 amide bonds.